The number of aliphatic hydroxyl groups is 1. The summed E-state index contributed by atoms with van der Waals surface area (Å²) in [5.74, 6) is -2.72. The molecule has 28 heavy (non-hydrogen) atoms. The molecule has 2 aliphatic rings. The van der Waals surface area contributed by atoms with Crippen molar-refractivity contribution in [2.75, 3.05) is 52.6 Å². The number of nitrogens with zero attached hydrogens (tertiary/aromatic N) is 3. The van der Waals surface area contributed by atoms with E-state index in [0.717, 1.165) is 24.9 Å². The minimum absolute atomic E-state index is 0.156. The van der Waals surface area contributed by atoms with Gasteiger partial charge in [0.1, 0.15) is 17.1 Å². The van der Waals surface area contributed by atoms with Crippen LogP contribution in [-0.2, 0) is 20.8 Å². The van der Waals surface area contributed by atoms with Crippen molar-refractivity contribution >= 4 is 17.9 Å². The second-order valence-corrected chi connectivity index (χ2v) is 6.58. The molecule has 3 rings (SSSR count). The molecular formula is C19H24FN3O5. The van der Waals surface area contributed by atoms with Gasteiger partial charge >= 0.3 is 5.97 Å². The van der Waals surface area contributed by atoms with Crippen molar-refractivity contribution in [1.82, 2.24) is 9.91 Å². The largest absolute Gasteiger partial charge is 0.506 e. The number of hydrogen-bond acceptors (Lipinski definition) is 7. The Morgan fingerprint density at radius 3 is 2.39 bits per heavy atom. The average Bonchev–Trinajstić information content (AvgIpc) is 2.71. The fourth-order valence-electron chi connectivity index (χ4n) is 3.04. The third-order valence-electron chi connectivity index (χ3n) is 4.62. The smallest absolute Gasteiger partial charge is 0.341 e. The van der Waals surface area contributed by atoms with E-state index < -0.39 is 23.1 Å². The highest BCUT2D eigenvalue weighted by atomic mass is 19.1. The Bertz CT molecular complexity index is 756. The first-order chi connectivity index (χ1) is 13.5. The van der Waals surface area contributed by atoms with Crippen LogP contribution in [0, 0.1) is 5.82 Å². The number of carboxylic acids is 1. The van der Waals surface area contributed by atoms with Crippen molar-refractivity contribution in [3.8, 4) is 0 Å². The van der Waals surface area contributed by atoms with Crippen molar-refractivity contribution < 1.29 is 28.9 Å². The van der Waals surface area contributed by atoms with Crippen LogP contribution in [0.25, 0.3) is 5.76 Å². The summed E-state index contributed by atoms with van der Waals surface area (Å²) in [5, 5.41) is 25.7. The molecule has 9 heteroatoms. The van der Waals surface area contributed by atoms with Crippen LogP contribution < -0.4 is 0 Å². The van der Waals surface area contributed by atoms with E-state index in [9.17, 15) is 19.4 Å². The minimum Gasteiger partial charge on any atom is -0.506 e. The van der Waals surface area contributed by atoms with Gasteiger partial charge in [0.2, 0.25) is 0 Å². The minimum atomic E-state index is -1.38. The highest BCUT2D eigenvalue weighted by Crippen LogP contribution is 2.22. The summed E-state index contributed by atoms with van der Waals surface area (Å²) in [7, 11) is 0. The van der Waals surface area contributed by atoms with E-state index >= 15 is 0 Å². The van der Waals surface area contributed by atoms with Crippen LogP contribution in [0.3, 0.4) is 0 Å². The Morgan fingerprint density at radius 2 is 1.75 bits per heavy atom. The van der Waals surface area contributed by atoms with E-state index in [2.05, 4.69) is 10.0 Å². The summed E-state index contributed by atoms with van der Waals surface area (Å²) in [6.07, 6.45) is 1.05. The highest BCUT2D eigenvalue weighted by Gasteiger charge is 2.19. The number of carboxylic acid groups (broad SMARTS) is 1. The Morgan fingerprint density at radius 1 is 1.11 bits per heavy atom. The number of benzene rings is 1. The molecule has 0 unspecified atom stereocenters. The molecule has 8 nitrogen and oxygen atoms in total. The first kappa shape index (κ1) is 20.2. The summed E-state index contributed by atoms with van der Waals surface area (Å²) in [5.41, 5.74) is 0.158. The number of hydrogen-bond donors (Lipinski definition) is 2. The molecule has 0 amide bonds. The van der Waals surface area contributed by atoms with E-state index in [4.69, 9.17) is 9.47 Å². The molecule has 0 saturated carbocycles. The number of aliphatic hydroxyl groups excluding tert-OH is 1. The average molecular weight is 393 g/mol. The Balaban J connectivity index is 1.83. The summed E-state index contributed by atoms with van der Waals surface area (Å²) in [6, 6.07) is 4.34. The van der Waals surface area contributed by atoms with Gasteiger partial charge in [-0.3, -0.25) is 9.91 Å². The first-order valence-electron chi connectivity index (χ1n) is 9.16. The molecule has 1 aromatic rings. The van der Waals surface area contributed by atoms with Crippen LogP contribution >= 0.6 is 0 Å². The van der Waals surface area contributed by atoms with E-state index in [1.165, 1.54) is 12.1 Å². The van der Waals surface area contributed by atoms with Crippen molar-refractivity contribution in [3.05, 3.63) is 40.7 Å². The van der Waals surface area contributed by atoms with Crippen LogP contribution in [-0.4, -0.2) is 84.9 Å². The maximum atomic E-state index is 14.3. The molecule has 0 atom stereocenters. The van der Waals surface area contributed by atoms with Gasteiger partial charge in [-0.2, -0.15) is 5.10 Å². The predicted octanol–water partition coefficient (Wildman–Crippen LogP) is 1.33. The summed E-state index contributed by atoms with van der Waals surface area (Å²) < 4.78 is 24.8. The lowest BCUT2D eigenvalue weighted by Crippen LogP contribution is -2.35. The fourth-order valence-corrected chi connectivity index (χ4v) is 3.04. The Labute approximate surface area is 162 Å². The molecule has 2 fully saturated rings. The van der Waals surface area contributed by atoms with Gasteiger partial charge in [0.25, 0.3) is 0 Å². The predicted molar refractivity (Wildman–Crippen MR) is 101 cm³/mol. The molecule has 2 N–H and O–H groups in total. The first-order valence-corrected chi connectivity index (χ1v) is 9.16. The maximum absolute atomic E-state index is 14.3. The van der Waals surface area contributed by atoms with Gasteiger partial charge in [-0.05, 0) is 17.7 Å². The summed E-state index contributed by atoms with van der Waals surface area (Å²) in [4.78, 5) is 13.8. The van der Waals surface area contributed by atoms with Crippen molar-refractivity contribution in [2.24, 2.45) is 5.10 Å². The van der Waals surface area contributed by atoms with Crippen LogP contribution in [0.2, 0.25) is 0 Å². The van der Waals surface area contributed by atoms with Crippen LogP contribution in [0.1, 0.15) is 11.1 Å². The van der Waals surface area contributed by atoms with Gasteiger partial charge in [-0.25, -0.2) is 9.18 Å². The van der Waals surface area contributed by atoms with E-state index in [1.807, 2.05) is 0 Å². The lowest BCUT2D eigenvalue weighted by Gasteiger charge is -2.26. The number of rotatable bonds is 6. The molecule has 0 aliphatic carbocycles. The molecule has 2 aliphatic heterocycles. The second-order valence-electron chi connectivity index (χ2n) is 6.58. The second kappa shape index (κ2) is 9.63. The van der Waals surface area contributed by atoms with Crippen molar-refractivity contribution in [2.45, 2.75) is 6.54 Å². The lowest BCUT2D eigenvalue weighted by atomic mass is 10.0. The molecule has 2 heterocycles. The van der Waals surface area contributed by atoms with Gasteiger partial charge < -0.3 is 19.7 Å². The number of aliphatic carboxylic acids is 1. The lowest BCUT2D eigenvalue weighted by molar-refractivity contribution is -0.132. The van der Waals surface area contributed by atoms with Crippen LogP contribution in [0.4, 0.5) is 4.39 Å². The molecule has 152 valence electrons. The Hall–Kier alpha value is -2.49. The van der Waals surface area contributed by atoms with Gasteiger partial charge in [0.05, 0.1) is 51.3 Å². The zero-order chi connectivity index (χ0) is 19.9. The molecule has 0 aromatic heterocycles. The normalized spacial score (nSPS) is 19.7. The number of morpholine rings is 2. The van der Waals surface area contributed by atoms with E-state index in [-0.39, 0.29) is 5.56 Å². The maximum Gasteiger partial charge on any atom is 0.341 e. The SMILES string of the molecule is O=C(O)C(/C=N/N1CCOCC1)=C(/O)c1cc(CN2CCOCC2)ccc1F. The third-order valence-corrected chi connectivity index (χ3v) is 4.62. The monoisotopic (exact) mass is 393 g/mol. The molecule has 1 aromatic carbocycles. The zero-order valence-electron chi connectivity index (χ0n) is 15.5. The fraction of sp³-hybridized carbons (Fsp3) is 0.474. The zero-order valence-corrected chi connectivity index (χ0v) is 15.5. The molecule has 0 radical (unpaired) electrons. The van der Waals surface area contributed by atoms with Gasteiger partial charge in [-0.15, -0.1) is 0 Å². The Kier molecular flexibility index (Phi) is 6.96. The number of halogens is 1. The molecule has 0 bridgehead atoms. The van der Waals surface area contributed by atoms with Gasteiger partial charge in [-0.1, -0.05) is 6.07 Å². The molecule has 2 saturated heterocycles. The number of ether oxygens (including phenoxy) is 2. The van der Waals surface area contributed by atoms with Crippen molar-refractivity contribution in [3.63, 3.8) is 0 Å². The van der Waals surface area contributed by atoms with Crippen molar-refractivity contribution in [1.29, 1.82) is 0 Å². The third kappa shape index (κ3) is 5.28. The van der Waals surface area contributed by atoms with E-state index in [1.54, 1.807) is 11.1 Å². The van der Waals surface area contributed by atoms with Gasteiger partial charge in [0.15, 0.2) is 0 Å². The quantitative estimate of drug-likeness (QED) is 0.428. The van der Waals surface area contributed by atoms with Crippen LogP contribution in [0.5, 0.6) is 0 Å². The number of hydrazone groups is 1. The van der Waals surface area contributed by atoms with E-state index in [0.29, 0.717) is 46.1 Å². The number of carbonyl (C=O) groups is 1. The summed E-state index contributed by atoms with van der Waals surface area (Å²) in [6.45, 7) is 5.40. The summed E-state index contributed by atoms with van der Waals surface area (Å²) >= 11 is 0. The van der Waals surface area contributed by atoms with Gasteiger partial charge in [0, 0.05) is 19.6 Å². The molecular weight excluding hydrogens is 369 g/mol. The van der Waals surface area contributed by atoms with Crippen LogP contribution in [0.15, 0.2) is 28.9 Å². The standard InChI is InChI=1S/C19H24FN3O5/c20-17-2-1-14(13-22-3-7-27-8-4-22)11-15(17)18(24)16(19(25)26)12-21-23-5-9-28-10-6-23/h1-2,11-12,24H,3-10,13H2,(H,25,26)/b18-16+,21-12+. The highest BCUT2D eigenvalue weighted by molar-refractivity contribution is 6.14. The topological polar surface area (TPSA) is 94.8 Å². The molecule has 0 spiro atoms.